The Morgan fingerprint density at radius 2 is 1.93 bits per heavy atom. The van der Waals surface area contributed by atoms with Crippen molar-refractivity contribution in [2.75, 3.05) is 13.2 Å². The van der Waals surface area contributed by atoms with E-state index < -0.39 is 0 Å². The van der Waals surface area contributed by atoms with Crippen LogP contribution in [0.1, 0.15) is 37.2 Å². The van der Waals surface area contributed by atoms with E-state index in [4.69, 9.17) is 9.84 Å². The summed E-state index contributed by atoms with van der Waals surface area (Å²) in [6.45, 7) is 0.475. The zero-order valence-electron chi connectivity index (χ0n) is 8.98. The van der Waals surface area contributed by atoms with Crippen molar-refractivity contribution < 1.29 is 9.84 Å². The minimum Gasteiger partial charge on any atom is -0.491 e. The van der Waals surface area contributed by atoms with Crippen LogP contribution in [0.25, 0.3) is 0 Å². The second-order valence-corrected chi connectivity index (χ2v) is 4.09. The van der Waals surface area contributed by atoms with Gasteiger partial charge in [0, 0.05) is 0 Å². The first-order valence-corrected chi connectivity index (χ1v) is 5.74. The van der Waals surface area contributed by atoms with E-state index in [1.54, 1.807) is 0 Å². The Balaban J connectivity index is 2.13. The molecule has 0 saturated heterocycles. The molecular formula is C13H18O2. The zero-order chi connectivity index (χ0) is 10.5. The molecule has 15 heavy (non-hydrogen) atoms. The Morgan fingerprint density at radius 1 is 1.20 bits per heavy atom. The average molecular weight is 206 g/mol. The summed E-state index contributed by atoms with van der Waals surface area (Å²) in [5.74, 6) is 1.62. The summed E-state index contributed by atoms with van der Waals surface area (Å²) in [4.78, 5) is 0. The number of rotatable bonds is 4. The van der Waals surface area contributed by atoms with E-state index in [0.29, 0.717) is 12.5 Å². The van der Waals surface area contributed by atoms with E-state index in [1.807, 2.05) is 12.1 Å². The first kappa shape index (κ1) is 10.5. The lowest BCUT2D eigenvalue weighted by atomic mass is 9.97. The van der Waals surface area contributed by atoms with Crippen LogP contribution in [0.4, 0.5) is 0 Å². The van der Waals surface area contributed by atoms with Gasteiger partial charge >= 0.3 is 0 Å². The molecule has 0 unspecified atom stereocenters. The van der Waals surface area contributed by atoms with Crippen molar-refractivity contribution in [1.82, 2.24) is 0 Å². The van der Waals surface area contributed by atoms with Gasteiger partial charge in [0.05, 0.1) is 6.61 Å². The molecule has 0 spiro atoms. The third kappa shape index (κ3) is 2.51. The van der Waals surface area contributed by atoms with E-state index in [0.717, 1.165) is 5.75 Å². The lowest BCUT2D eigenvalue weighted by Crippen LogP contribution is -2.05. The summed E-state index contributed by atoms with van der Waals surface area (Å²) >= 11 is 0. The molecule has 1 fully saturated rings. The Bertz CT molecular complexity index is 303. The van der Waals surface area contributed by atoms with E-state index in [2.05, 4.69) is 12.1 Å². The van der Waals surface area contributed by atoms with Crippen LogP contribution in [0, 0.1) is 0 Å². The molecule has 1 saturated carbocycles. The van der Waals surface area contributed by atoms with Crippen LogP contribution in [-0.4, -0.2) is 18.3 Å². The zero-order valence-corrected chi connectivity index (χ0v) is 8.98. The second kappa shape index (κ2) is 5.17. The number of para-hydroxylation sites is 1. The SMILES string of the molecule is OCCOc1ccccc1C1CCCC1. The molecule has 0 atom stereocenters. The first-order chi connectivity index (χ1) is 7.42. The third-order valence-electron chi connectivity index (χ3n) is 3.06. The van der Waals surface area contributed by atoms with Crippen molar-refractivity contribution in [3.05, 3.63) is 29.8 Å². The summed E-state index contributed by atoms with van der Waals surface area (Å²) in [5, 5.41) is 8.76. The number of ether oxygens (including phenoxy) is 1. The molecule has 0 aliphatic heterocycles. The molecule has 2 heteroatoms. The van der Waals surface area contributed by atoms with Crippen molar-refractivity contribution >= 4 is 0 Å². The van der Waals surface area contributed by atoms with Gasteiger partial charge < -0.3 is 9.84 Å². The molecule has 0 radical (unpaired) electrons. The fraction of sp³-hybridized carbons (Fsp3) is 0.538. The highest BCUT2D eigenvalue weighted by atomic mass is 16.5. The van der Waals surface area contributed by atoms with Crippen molar-refractivity contribution in [3.63, 3.8) is 0 Å². The van der Waals surface area contributed by atoms with Gasteiger partial charge in [0.2, 0.25) is 0 Å². The van der Waals surface area contributed by atoms with E-state index in [-0.39, 0.29) is 6.61 Å². The van der Waals surface area contributed by atoms with Gasteiger partial charge in [0.25, 0.3) is 0 Å². The van der Waals surface area contributed by atoms with Gasteiger partial charge in [-0.3, -0.25) is 0 Å². The topological polar surface area (TPSA) is 29.5 Å². The fourth-order valence-electron chi connectivity index (χ4n) is 2.34. The molecule has 1 aliphatic rings. The Kier molecular flexibility index (Phi) is 3.62. The highest BCUT2D eigenvalue weighted by Crippen LogP contribution is 2.38. The molecule has 0 aromatic heterocycles. The molecular weight excluding hydrogens is 188 g/mol. The summed E-state index contributed by atoms with van der Waals surface area (Å²) in [7, 11) is 0. The number of benzene rings is 1. The minimum absolute atomic E-state index is 0.0823. The Hall–Kier alpha value is -1.02. The second-order valence-electron chi connectivity index (χ2n) is 4.09. The number of aliphatic hydroxyl groups excluding tert-OH is 1. The number of hydrogen-bond donors (Lipinski definition) is 1. The maximum Gasteiger partial charge on any atom is 0.122 e. The molecule has 0 amide bonds. The highest BCUT2D eigenvalue weighted by molar-refractivity contribution is 5.36. The van der Waals surface area contributed by atoms with Gasteiger partial charge in [0.1, 0.15) is 12.4 Å². The summed E-state index contributed by atoms with van der Waals surface area (Å²) in [5.41, 5.74) is 1.32. The van der Waals surface area contributed by atoms with Gasteiger partial charge in [-0.25, -0.2) is 0 Å². The van der Waals surface area contributed by atoms with Crippen LogP contribution in [0.2, 0.25) is 0 Å². The molecule has 2 rings (SSSR count). The third-order valence-corrected chi connectivity index (χ3v) is 3.06. The predicted molar refractivity (Wildman–Crippen MR) is 60.2 cm³/mol. The highest BCUT2D eigenvalue weighted by Gasteiger charge is 2.19. The standard InChI is InChI=1S/C13H18O2/c14-9-10-15-13-8-4-3-7-12(13)11-5-1-2-6-11/h3-4,7-8,11,14H,1-2,5-6,9-10H2. The van der Waals surface area contributed by atoms with Crippen molar-refractivity contribution in [2.24, 2.45) is 0 Å². The molecule has 0 bridgehead atoms. The van der Waals surface area contributed by atoms with Gasteiger partial charge in [0.15, 0.2) is 0 Å². The first-order valence-electron chi connectivity index (χ1n) is 5.74. The van der Waals surface area contributed by atoms with E-state index in [9.17, 15) is 0 Å². The monoisotopic (exact) mass is 206 g/mol. The number of aliphatic hydroxyl groups is 1. The van der Waals surface area contributed by atoms with Crippen LogP contribution >= 0.6 is 0 Å². The van der Waals surface area contributed by atoms with Crippen molar-refractivity contribution in [1.29, 1.82) is 0 Å². The van der Waals surface area contributed by atoms with Gasteiger partial charge in [-0.2, -0.15) is 0 Å². The van der Waals surface area contributed by atoms with Crippen LogP contribution < -0.4 is 4.74 Å². The Morgan fingerprint density at radius 3 is 2.67 bits per heavy atom. The molecule has 0 heterocycles. The maximum absolute atomic E-state index is 8.76. The predicted octanol–water partition coefficient (Wildman–Crippen LogP) is 2.72. The largest absolute Gasteiger partial charge is 0.491 e. The Labute approximate surface area is 90.9 Å². The van der Waals surface area contributed by atoms with Crippen LogP contribution in [0.5, 0.6) is 5.75 Å². The normalized spacial score (nSPS) is 16.9. The van der Waals surface area contributed by atoms with Crippen LogP contribution in [0.3, 0.4) is 0 Å². The smallest absolute Gasteiger partial charge is 0.122 e. The van der Waals surface area contributed by atoms with E-state index >= 15 is 0 Å². The summed E-state index contributed by atoms with van der Waals surface area (Å²) < 4.78 is 5.55. The van der Waals surface area contributed by atoms with Crippen LogP contribution in [-0.2, 0) is 0 Å². The molecule has 1 aliphatic carbocycles. The van der Waals surface area contributed by atoms with Crippen molar-refractivity contribution in [2.45, 2.75) is 31.6 Å². The lowest BCUT2D eigenvalue weighted by Gasteiger charge is -2.15. The summed E-state index contributed by atoms with van der Waals surface area (Å²) in [6.07, 6.45) is 5.22. The molecule has 1 aromatic rings. The molecule has 1 aromatic carbocycles. The minimum atomic E-state index is 0.0823. The van der Waals surface area contributed by atoms with Crippen molar-refractivity contribution in [3.8, 4) is 5.75 Å². The maximum atomic E-state index is 8.76. The fourth-order valence-corrected chi connectivity index (χ4v) is 2.34. The van der Waals surface area contributed by atoms with E-state index in [1.165, 1.54) is 31.2 Å². The van der Waals surface area contributed by atoms with Crippen LogP contribution in [0.15, 0.2) is 24.3 Å². The van der Waals surface area contributed by atoms with Gasteiger partial charge in [-0.05, 0) is 30.4 Å². The van der Waals surface area contributed by atoms with Gasteiger partial charge in [-0.15, -0.1) is 0 Å². The average Bonchev–Trinajstić information content (AvgIpc) is 2.80. The molecule has 1 N–H and O–H groups in total. The molecule has 2 nitrogen and oxygen atoms in total. The lowest BCUT2D eigenvalue weighted by molar-refractivity contribution is 0.199. The van der Waals surface area contributed by atoms with Gasteiger partial charge in [-0.1, -0.05) is 31.0 Å². The molecule has 82 valence electrons. The number of hydrogen-bond acceptors (Lipinski definition) is 2. The summed E-state index contributed by atoms with van der Waals surface area (Å²) in [6, 6.07) is 8.22. The quantitative estimate of drug-likeness (QED) is 0.820.